The van der Waals surface area contributed by atoms with Crippen LogP contribution in [-0.2, 0) is 11.9 Å². The molecular formula is C14H14BrClN2. The molecule has 0 bridgehead atoms. The first-order chi connectivity index (χ1) is 8.70. The molecule has 4 heteroatoms. The van der Waals surface area contributed by atoms with E-state index in [1.165, 1.54) is 5.56 Å². The third-order valence-corrected chi connectivity index (χ3v) is 3.74. The lowest BCUT2D eigenvalue weighted by Gasteiger charge is -2.19. The molecule has 0 aliphatic heterocycles. The maximum Gasteiger partial charge on any atom is 0.128 e. The summed E-state index contributed by atoms with van der Waals surface area (Å²) in [7, 11) is 2.01. The van der Waals surface area contributed by atoms with Gasteiger partial charge in [0.15, 0.2) is 0 Å². The van der Waals surface area contributed by atoms with E-state index in [9.17, 15) is 0 Å². The fourth-order valence-corrected chi connectivity index (χ4v) is 2.21. The highest BCUT2D eigenvalue weighted by Crippen LogP contribution is 2.19. The lowest BCUT2D eigenvalue weighted by atomic mass is 10.2. The Morgan fingerprint density at radius 1 is 1.22 bits per heavy atom. The van der Waals surface area contributed by atoms with Crippen molar-refractivity contribution in [2.75, 3.05) is 11.9 Å². The predicted molar refractivity (Wildman–Crippen MR) is 80.4 cm³/mol. The number of anilines is 1. The van der Waals surface area contributed by atoms with Crippen LogP contribution in [0.4, 0.5) is 5.82 Å². The van der Waals surface area contributed by atoms with Gasteiger partial charge in [-0.25, -0.2) is 4.98 Å². The first kappa shape index (κ1) is 13.4. The van der Waals surface area contributed by atoms with Gasteiger partial charge in [-0.3, -0.25) is 0 Å². The van der Waals surface area contributed by atoms with E-state index in [1.54, 1.807) is 0 Å². The second-order valence-corrected chi connectivity index (χ2v) is 5.07. The van der Waals surface area contributed by atoms with Gasteiger partial charge in [0.1, 0.15) is 5.82 Å². The molecule has 94 valence electrons. The summed E-state index contributed by atoms with van der Waals surface area (Å²) in [5.41, 5.74) is 2.28. The Hall–Kier alpha value is -1.06. The van der Waals surface area contributed by atoms with Crippen molar-refractivity contribution >= 4 is 33.3 Å². The maximum atomic E-state index is 6.15. The second kappa shape index (κ2) is 6.21. The van der Waals surface area contributed by atoms with Crippen LogP contribution in [0.2, 0.25) is 5.02 Å². The van der Waals surface area contributed by atoms with Crippen LogP contribution in [0.3, 0.4) is 0 Å². The lowest BCUT2D eigenvalue weighted by molar-refractivity contribution is 0.896. The van der Waals surface area contributed by atoms with Crippen LogP contribution in [0.15, 0.2) is 42.6 Å². The monoisotopic (exact) mass is 324 g/mol. The van der Waals surface area contributed by atoms with Crippen molar-refractivity contribution in [3.63, 3.8) is 0 Å². The zero-order valence-corrected chi connectivity index (χ0v) is 12.4. The average molecular weight is 326 g/mol. The highest BCUT2D eigenvalue weighted by molar-refractivity contribution is 9.08. The topological polar surface area (TPSA) is 16.1 Å². The largest absolute Gasteiger partial charge is 0.355 e. The minimum absolute atomic E-state index is 0.750. The fraction of sp³-hybridized carbons (Fsp3) is 0.214. The number of halogens is 2. The number of aromatic nitrogens is 1. The molecule has 0 atom stereocenters. The molecule has 0 unspecified atom stereocenters. The number of alkyl halides is 1. The molecule has 1 heterocycles. The van der Waals surface area contributed by atoms with Gasteiger partial charge in [0.05, 0.1) is 0 Å². The molecule has 0 saturated heterocycles. The fourth-order valence-electron chi connectivity index (χ4n) is 1.68. The van der Waals surface area contributed by atoms with E-state index in [2.05, 4.69) is 31.9 Å². The van der Waals surface area contributed by atoms with Gasteiger partial charge in [-0.2, -0.15) is 0 Å². The first-order valence-corrected chi connectivity index (χ1v) is 7.16. The van der Waals surface area contributed by atoms with Gasteiger partial charge in [-0.05, 0) is 23.3 Å². The van der Waals surface area contributed by atoms with Crippen LogP contribution in [-0.4, -0.2) is 12.0 Å². The zero-order valence-electron chi connectivity index (χ0n) is 10.1. The summed E-state index contributed by atoms with van der Waals surface area (Å²) in [4.78, 5) is 6.51. The molecule has 0 N–H and O–H groups in total. The molecule has 0 spiro atoms. The summed E-state index contributed by atoms with van der Waals surface area (Å²) in [6.45, 7) is 0.750. The zero-order chi connectivity index (χ0) is 13.0. The van der Waals surface area contributed by atoms with Gasteiger partial charge >= 0.3 is 0 Å². The molecule has 0 amide bonds. The average Bonchev–Trinajstić information content (AvgIpc) is 2.41. The van der Waals surface area contributed by atoms with Crippen LogP contribution in [0.25, 0.3) is 0 Å². The maximum absolute atomic E-state index is 6.15. The minimum atomic E-state index is 0.750. The van der Waals surface area contributed by atoms with Crippen molar-refractivity contribution in [2.24, 2.45) is 0 Å². The summed E-state index contributed by atoms with van der Waals surface area (Å²) in [5, 5.41) is 1.62. The van der Waals surface area contributed by atoms with Crippen molar-refractivity contribution in [2.45, 2.75) is 11.9 Å². The van der Waals surface area contributed by atoms with E-state index in [4.69, 9.17) is 11.6 Å². The van der Waals surface area contributed by atoms with Crippen molar-refractivity contribution in [3.05, 3.63) is 58.7 Å². The van der Waals surface area contributed by atoms with Crippen LogP contribution in [0.5, 0.6) is 0 Å². The Labute approximate surface area is 121 Å². The number of pyridine rings is 1. The van der Waals surface area contributed by atoms with E-state index in [0.29, 0.717) is 0 Å². The lowest BCUT2D eigenvalue weighted by Crippen LogP contribution is -2.17. The Morgan fingerprint density at radius 3 is 2.61 bits per heavy atom. The second-order valence-electron chi connectivity index (χ2n) is 4.11. The molecule has 2 rings (SSSR count). The summed E-state index contributed by atoms with van der Waals surface area (Å²) in [6, 6.07) is 12.0. The van der Waals surface area contributed by atoms with E-state index >= 15 is 0 Å². The Kier molecular flexibility index (Phi) is 4.61. The molecule has 0 radical (unpaired) electrons. The van der Waals surface area contributed by atoms with Crippen LogP contribution >= 0.6 is 27.5 Å². The highest BCUT2D eigenvalue weighted by Gasteiger charge is 2.06. The van der Waals surface area contributed by atoms with Crippen molar-refractivity contribution < 1.29 is 0 Å². The van der Waals surface area contributed by atoms with E-state index in [-0.39, 0.29) is 0 Å². The Balaban J connectivity index is 2.11. The summed E-state index contributed by atoms with van der Waals surface area (Å²) in [6.07, 6.45) is 1.88. The summed E-state index contributed by atoms with van der Waals surface area (Å²) >= 11 is 9.56. The normalized spacial score (nSPS) is 10.4. The van der Waals surface area contributed by atoms with Gasteiger partial charge in [0.2, 0.25) is 0 Å². The van der Waals surface area contributed by atoms with E-state index < -0.39 is 0 Å². The van der Waals surface area contributed by atoms with Crippen LogP contribution < -0.4 is 4.90 Å². The smallest absolute Gasteiger partial charge is 0.128 e. The molecule has 1 aromatic carbocycles. The summed E-state index contributed by atoms with van der Waals surface area (Å²) in [5.74, 6) is 0.944. The number of rotatable bonds is 4. The molecule has 0 saturated carbocycles. The molecule has 0 aliphatic carbocycles. The molecule has 18 heavy (non-hydrogen) atoms. The molecule has 1 aromatic heterocycles. The molecular weight excluding hydrogens is 312 g/mol. The van der Waals surface area contributed by atoms with Gasteiger partial charge in [0.25, 0.3) is 0 Å². The van der Waals surface area contributed by atoms with Gasteiger partial charge in [0, 0.05) is 30.1 Å². The van der Waals surface area contributed by atoms with Gasteiger partial charge in [-0.15, -0.1) is 0 Å². The molecule has 2 nitrogen and oxygen atoms in total. The predicted octanol–water partition coefficient (Wildman–Crippen LogP) is 4.27. The summed E-state index contributed by atoms with van der Waals surface area (Å²) < 4.78 is 0. The third-order valence-electron chi connectivity index (χ3n) is 2.72. The van der Waals surface area contributed by atoms with Crippen LogP contribution in [0, 0.1) is 0 Å². The van der Waals surface area contributed by atoms with Crippen molar-refractivity contribution in [3.8, 4) is 0 Å². The van der Waals surface area contributed by atoms with Crippen LogP contribution in [0.1, 0.15) is 11.1 Å². The van der Waals surface area contributed by atoms with Gasteiger partial charge in [-0.1, -0.05) is 51.8 Å². The minimum Gasteiger partial charge on any atom is -0.355 e. The molecule has 0 fully saturated rings. The highest BCUT2D eigenvalue weighted by atomic mass is 79.9. The SMILES string of the molecule is CN(Cc1ccccc1Cl)c1ccc(CBr)cn1. The number of benzene rings is 1. The number of nitrogens with zero attached hydrogens (tertiary/aromatic N) is 2. The first-order valence-electron chi connectivity index (χ1n) is 5.66. The van der Waals surface area contributed by atoms with E-state index in [1.807, 2.05) is 43.6 Å². The van der Waals surface area contributed by atoms with E-state index in [0.717, 1.165) is 28.3 Å². The molecule has 0 aliphatic rings. The molecule has 2 aromatic rings. The standard InChI is InChI=1S/C14H14BrClN2/c1-18(10-12-4-2-3-5-13(12)16)14-7-6-11(8-15)9-17-14/h2-7,9H,8,10H2,1H3. The number of hydrogen-bond donors (Lipinski definition) is 0. The van der Waals surface area contributed by atoms with Crippen molar-refractivity contribution in [1.82, 2.24) is 4.98 Å². The Bertz CT molecular complexity index is 513. The number of hydrogen-bond acceptors (Lipinski definition) is 2. The van der Waals surface area contributed by atoms with Crippen molar-refractivity contribution in [1.29, 1.82) is 0 Å². The third kappa shape index (κ3) is 3.24. The Morgan fingerprint density at radius 2 is 2.00 bits per heavy atom. The quantitative estimate of drug-likeness (QED) is 0.781. The van der Waals surface area contributed by atoms with Gasteiger partial charge < -0.3 is 4.90 Å².